The zero-order valence-electron chi connectivity index (χ0n) is 25.0. The van der Waals surface area contributed by atoms with Gasteiger partial charge >= 0.3 is 5.97 Å². The smallest absolute Gasteiger partial charge is 0.305 e. The molecule has 1 heterocycles. The molecule has 3 atom stereocenters. The van der Waals surface area contributed by atoms with Crippen LogP contribution in [0.5, 0.6) is 0 Å². The average Bonchev–Trinajstić information content (AvgIpc) is 3.43. The molecule has 0 spiro atoms. The molecule has 240 valence electrons. The van der Waals surface area contributed by atoms with Crippen molar-refractivity contribution in [3.8, 4) is 0 Å². The molecule has 45 heavy (non-hydrogen) atoms. The minimum Gasteiger partial charge on any atom is -0.481 e. The quantitative estimate of drug-likeness (QED) is 0.179. The number of Topliss-reactive ketones (excluding diaryl/α,β-unsaturated/α-hetero) is 1. The van der Waals surface area contributed by atoms with Gasteiger partial charge in [0.15, 0.2) is 11.6 Å². The summed E-state index contributed by atoms with van der Waals surface area (Å²) in [6, 6.07) is 10.9. The second-order valence-electron chi connectivity index (χ2n) is 10.7. The van der Waals surface area contributed by atoms with Gasteiger partial charge in [0.2, 0.25) is 17.7 Å². The molecule has 3 aromatic rings. The summed E-state index contributed by atoms with van der Waals surface area (Å²) in [5, 5.41) is 29.7. The van der Waals surface area contributed by atoms with Crippen LogP contribution in [0.4, 0.5) is 0 Å². The number of ketones is 1. The summed E-state index contributed by atoms with van der Waals surface area (Å²) in [6.07, 6.45) is 0.0988. The standard InChI is InChI=1S/C30H35Cl2N7O6/c1-17(2)28(35-26(41)13-12-19-8-5-4-6-9-19)30(45)33-18(3)29(44)34-23(15-27(42)43)24(40)16-39-37-25(36-38-39)14-20-21(31)10-7-11-22(20)32/h4-11,17-18,23,28H,12-16H2,1-3H3,(H,33,45)(H,34,44)(H,35,41)(H,42,43). The molecule has 1 aromatic heterocycles. The third-order valence-corrected chi connectivity index (χ3v) is 7.48. The number of aliphatic carboxylic acids is 1. The van der Waals surface area contributed by atoms with E-state index in [0.29, 0.717) is 22.0 Å². The Balaban J connectivity index is 1.58. The van der Waals surface area contributed by atoms with E-state index in [-0.39, 0.29) is 30.5 Å². The zero-order chi connectivity index (χ0) is 33.1. The fraction of sp³-hybridized carbons (Fsp3) is 0.400. The van der Waals surface area contributed by atoms with Crippen LogP contribution in [-0.4, -0.2) is 72.9 Å². The van der Waals surface area contributed by atoms with Crippen LogP contribution in [0.25, 0.3) is 0 Å². The first-order valence-corrected chi connectivity index (χ1v) is 15.0. The SMILES string of the molecule is CC(NC(=O)C(NC(=O)CCc1ccccc1)C(C)C)C(=O)NC(CC(=O)O)C(=O)Cn1nnc(Cc2c(Cl)cccc2Cl)n1. The van der Waals surface area contributed by atoms with Crippen molar-refractivity contribution >= 4 is 52.7 Å². The number of hydrogen-bond acceptors (Lipinski definition) is 8. The van der Waals surface area contributed by atoms with Crippen molar-refractivity contribution < 1.29 is 29.1 Å². The molecule has 0 fully saturated rings. The van der Waals surface area contributed by atoms with Crippen molar-refractivity contribution in [1.82, 2.24) is 36.2 Å². The van der Waals surface area contributed by atoms with Crippen LogP contribution >= 0.6 is 23.2 Å². The minimum absolute atomic E-state index is 0.143. The fourth-order valence-electron chi connectivity index (χ4n) is 4.29. The number of carboxylic acid groups (broad SMARTS) is 1. The first-order chi connectivity index (χ1) is 21.3. The normalized spacial score (nSPS) is 13.0. The highest BCUT2D eigenvalue weighted by atomic mass is 35.5. The van der Waals surface area contributed by atoms with Crippen molar-refractivity contribution in [2.45, 2.75) is 71.1 Å². The third kappa shape index (κ3) is 10.9. The minimum atomic E-state index is -1.44. The van der Waals surface area contributed by atoms with Crippen LogP contribution in [0, 0.1) is 5.92 Å². The van der Waals surface area contributed by atoms with E-state index in [4.69, 9.17) is 23.2 Å². The van der Waals surface area contributed by atoms with Crippen LogP contribution in [-0.2, 0) is 43.4 Å². The lowest BCUT2D eigenvalue weighted by Crippen LogP contribution is -2.56. The van der Waals surface area contributed by atoms with Gasteiger partial charge in [-0.15, -0.1) is 10.2 Å². The number of halogens is 2. The maximum atomic E-state index is 13.0. The highest BCUT2D eigenvalue weighted by Gasteiger charge is 2.30. The van der Waals surface area contributed by atoms with Crippen molar-refractivity contribution in [2.24, 2.45) is 5.92 Å². The largest absolute Gasteiger partial charge is 0.481 e. The van der Waals surface area contributed by atoms with Crippen molar-refractivity contribution in [3.05, 3.63) is 75.5 Å². The highest BCUT2D eigenvalue weighted by molar-refractivity contribution is 6.36. The number of rotatable bonds is 16. The number of nitrogens with one attached hydrogen (secondary N) is 3. The van der Waals surface area contributed by atoms with E-state index >= 15 is 0 Å². The summed E-state index contributed by atoms with van der Waals surface area (Å²) in [6.45, 7) is 4.41. The Hall–Kier alpha value is -4.36. The van der Waals surface area contributed by atoms with Crippen LogP contribution in [0.15, 0.2) is 48.5 Å². The number of carbonyl (C=O) groups is 5. The summed E-state index contributed by atoms with van der Waals surface area (Å²) in [5.41, 5.74) is 1.56. The first kappa shape index (κ1) is 35.1. The third-order valence-electron chi connectivity index (χ3n) is 6.77. The molecule has 2 aromatic carbocycles. The van der Waals surface area contributed by atoms with Crippen molar-refractivity contribution in [2.75, 3.05) is 0 Å². The summed E-state index contributed by atoms with van der Waals surface area (Å²) in [4.78, 5) is 64.0. The number of tetrazole rings is 1. The number of carbonyl (C=O) groups excluding carboxylic acids is 4. The Morgan fingerprint density at radius 3 is 2.18 bits per heavy atom. The molecule has 0 aliphatic rings. The topological polar surface area (TPSA) is 185 Å². The molecular formula is C30H35Cl2N7O6. The Kier molecular flexibility index (Phi) is 13.0. The maximum Gasteiger partial charge on any atom is 0.305 e. The van der Waals surface area contributed by atoms with E-state index in [0.717, 1.165) is 10.4 Å². The zero-order valence-corrected chi connectivity index (χ0v) is 26.5. The predicted octanol–water partition coefficient (Wildman–Crippen LogP) is 2.38. The van der Waals surface area contributed by atoms with E-state index in [2.05, 4.69) is 31.4 Å². The Bertz CT molecular complexity index is 1500. The van der Waals surface area contributed by atoms with Gasteiger partial charge in [-0.2, -0.15) is 4.80 Å². The van der Waals surface area contributed by atoms with E-state index in [1.54, 1.807) is 32.0 Å². The van der Waals surface area contributed by atoms with E-state index in [1.807, 2.05) is 30.3 Å². The number of benzene rings is 2. The molecule has 0 aliphatic heterocycles. The van der Waals surface area contributed by atoms with Crippen molar-refractivity contribution in [3.63, 3.8) is 0 Å². The van der Waals surface area contributed by atoms with Crippen LogP contribution in [0.3, 0.4) is 0 Å². The average molecular weight is 661 g/mol. The molecule has 0 aliphatic carbocycles. The molecular weight excluding hydrogens is 625 g/mol. The van der Waals surface area contributed by atoms with Crippen LogP contribution < -0.4 is 16.0 Å². The van der Waals surface area contributed by atoms with Gasteiger partial charge in [0.05, 0.1) is 6.42 Å². The Morgan fingerprint density at radius 1 is 0.889 bits per heavy atom. The molecule has 0 saturated carbocycles. The molecule has 0 bridgehead atoms. The van der Waals surface area contributed by atoms with Gasteiger partial charge in [-0.3, -0.25) is 24.0 Å². The lowest BCUT2D eigenvalue weighted by molar-refractivity contribution is -0.140. The van der Waals surface area contributed by atoms with Gasteiger partial charge in [0, 0.05) is 22.9 Å². The van der Waals surface area contributed by atoms with E-state index in [9.17, 15) is 29.1 Å². The van der Waals surface area contributed by atoms with Gasteiger partial charge in [-0.25, -0.2) is 0 Å². The number of hydrogen-bond donors (Lipinski definition) is 4. The second-order valence-corrected chi connectivity index (χ2v) is 11.6. The van der Waals surface area contributed by atoms with E-state index in [1.165, 1.54) is 6.92 Å². The molecule has 3 amide bonds. The summed E-state index contributed by atoms with van der Waals surface area (Å²) in [5.74, 6) is -3.81. The lowest BCUT2D eigenvalue weighted by Gasteiger charge is -2.25. The van der Waals surface area contributed by atoms with Gasteiger partial charge in [-0.1, -0.05) is 73.4 Å². The molecule has 3 rings (SSSR count). The predicted molar refractivity (Wildman–Crippen MR) is 165 cm³/mol. The molecule has 0 saturated heterocycles. The van der Waals surface area contributed by atoms with Gasteiger partial charge < -0.3 is 21.1 Å². The number of aromatic nitrogens is 4. The molecule has 0 radical (unpaired) electrons. The van der Waals surface area contributed by atoms with Gasteiger partial charge in [0.25, 0.3) is 0 Å². The number of amides is 3. The molecule has 13 nitrogen and oxygen atoms in total. The fourth-order valence-corrected chi connectivity index (χ4v) is 4.82. The summed E-state index contributed by atoms with van der Waals surface area (Å²) >= 11 is 12.4. The monoisotopic (exact) mass is 659 g/mol. The summed E-state index contributed by atoms with van der Waals surface area (Å²) < 4.78 is 0. The van der Waals surface area contributed by atoms with Crippen molar-refractivity contribution in [1.29, 1.82) is 0 Å². The summed E-state index contributed by atoms with van der Waals surface area (Å²) in [7, 11) is 0. The number of aryl methyl sites for hydroxylation is 1. The molecule has 15 heteroatoms. The Morgan fingerprint density at radius 2 is 1.56 bits per heavy atom. The number of carboxylic acids is 1. The highest BCUT2D eigenvalue weighted by Crippen LogP contribution is 2.25. The van der Waals surface area contributed by atoms with Gasteiger partial charge in [-0.05, 0) is 47.7 Å². The maximum absolute atomic E-state index is 13.0. The molecule has 4 N–H and O–H groups in total. The van der Waals surface area contributed by atoms with E-state index < -0.39 is 54.7 Å². The second kappa shape index (κ2) is 16.6. The van der Waals surface area contributed by atoms with Crippen LogP contribution in [0.2, 0.25) is 10.0 Å². The first-order valence-electron chi connectivity index (χ1n) is 14.2. The lowest BCUT2D eigenvalue weighted by atomic mass is 10.0. The van der Waals surface area contributed by atoms with Crippen LogP contribution in [0.1, 0.15) is 50.6 Å². The Labute approximate surface area is 270 Å². The number of nitrogens with zero attached hydrogens (tertiary/aromatic N) is 4. The van der Waals surface area contributed by atoms with Gasteiger partial charge in [0.1, 0.15) is 24.7 Å². The molecule has 3 unspecified atom stereocenters.